The first-order valence-corrected chi connectivity index (χ1v) is 15.4. The normalized spacial score (nSPS) is 17.1. The molecule has 0 saturated carbocycles. The number of piperidine rings is 1. The molecule has 2 heterocycles. The first kappa shape index (κ1) is 28.4. The van der Waals surface area contributed by atoms with Crippen molar-refractivity contribution < 1.29 is 18.0 Å². The van der Waals surface area contributed by atoms with Crippen molar-refractivity contribution in [3.05, 3.63) is 82.3 Å². The summed E-state index contributed by atoms with van der Waals surface area (Å²) in [5, 5.41) is 5.86. The summed E-state index contributed by atoms with van der Waals surface area (Å²) in [6, 6.07) is 17.9. The van der Waals surface area contributed by atoms with Gasteiger partial charge in [-0.25, -0.2) is 8.42 Å². The van der Waals surface area contributed by atoms with Gasteiger partial charge < -0.3 is 10.6 Å². The molecule has 0 radical (unpaired) electrons. The average molecular weight is 602 g/mol. The van der Waals surface area contributed by atoms with Gasteiger partial charge in [0.1, 0.15) is 0 Å². The molecule has 8 nitrogen and oxygen atoms in total. The SMILES string of the molecule is O=C(CNC(=O)CC1c2ccccc2-c2ccccc2N1S(=O)(=O)c1ccc(Cl)c(Cl)c1)NCN1CCCCC1. The molecule has 1 unspecified atom stereocenters. The van der Waals surface area contributed by atoms with Gasteiger partial charge in [-0.1, -0.05) is 72.1 Å². The van der Waals surface area contributed by atoms with Gasteiger partial charge in [0.25, 0.3) is 10.0 Å². The van der Waals surface area contributed by atoms with Crippen molar-refractivity contribution in [2.75, 3.05) is 30.6 Å². The molecule has 2 aliphatic heterocycles. The lowest BCUT2D eigenvalue weighted by Gasteiger charge is -2.39. The number of amides is 2. The van der Waals surface area contributed by atoms with Crippen LogP contribution in [0.4, 0.5) is 5.69 Å². The fourth-order valence-corrected chi connectivity index (χ4v) is 7.31. The third-order valence-corrected chi connectivity index (χ3v) is 9.81. The van der Waals surface area contributed by atoms with Crippen LogP contribution in [0.1, 0.15) is 37.3 Å². The maximum atomic E-state index is 14.1. The molecule has 5 rings (SSSR count). The van der Waals surface area contributed by atoms with Crippen LogP contribution in [0.25, 0.3) is 11.1 Å². The highest BCUT2D eigenvalue weighted by atomic mass is 35.5. The van der Waals surface area contributed by atoms with E-state index in [2.05, 4.69) is 15.5 Å². The van der Waals surface area contributed by atoms with Crippen LogP contribution >= 0.6 is 23.2 Å². The monoisotopic (exact) mass is 600 g/mol. The zero-order chi connectivity index (χ0) is 28.3. The molecule has 3 aromatic rings. The summed E-state index contributed by atoms with van der Waals surface area (Å²) in [5.74, 6) is -0.741. The van der Waals surface area contributed by atoms with E-state index in [0.717, 1.165) is 37.1 Å². The Morgan fingerprint density at radius 2 is 1.52 bits per heavy atom. The number of likely N-dealkylation sites (tertiary alicyclic amines) is 1. The predicted molar refractivity (Wildman–Crippen MR) is 157 cm³/mol. The summed E-state index contributed by atoms with van der Waals surface area (Å²) in [6.07, 6.45) is 3.23. The lowest BCUT2D eigenvalue weighted by molar-refractivity contribution is -0.126. The van der Waals surface area contributed by atoms with Crippen LogP contribution in [-0.4, -0.2) is 51.4 Å². The minimum atomic E-state index is -4.18. The highest BCUT2D eigenvalue weighted by Gasteiger charge is 2.40. The molecule has 2 N–H and O–H groups in total. The Balaban J connectivity index is 1.41. The number of benzene rings is 3. The van der Waals surface area contributed by atoms with Crippen LogP contribution in [0, 0.1) is 0 Å². The first-order valence-electron chi connectivity index (χ1n) is 13.2. The van der Waals surface area contributed by atoms with E-state index in [1.54, 1.807) is 12.1 Å². The summed E-state index contributed by atoms with van der Waals surface area (Å²) in [6.45, 7) is 2.13. The number of para-hydroxylation sites is 1. The van der Waals surface area contributed by atoms with Crippen molar-refractivity contribution in [3.63, 3.8) is 0 Å². The van der Waals surface area contributed by atoms with E-state index in [0.29, 0.717) is 17.9 Å². The molecule has 0 spiro atoms. The van der Waals surface area contributed by atoms with E-state index in [9.17, 15) is 18.0 Å². The van der Waals surface area contributed by atoms with E-state index in [1.807, 2.05) is 36.4 Å². The Morgan fingerprint density at radius 3 is 2.27 bits per heavy atom. The molecule has 1 atom stereocenters. The van der Waals surface area contributed by atoms with Gasteiger partial charge in [-0.15, -0.1) is 0 Å². The van der Waals surface area contributed by atoms with E-state index in [-0.39, 0.29) is 33.8 Å². The molecule has 0 bridgehead atoms. The maximum absolute atomic E-state index is 14.1. The first-order chi connectivity index (χ1) is 19.3. The highest BCUT2D eigenvalue weighted by Crippen LogP contribution is 2.48. The number of hydrogen-bond donors (Lipinski definition) is 2. The van der Waals surface area contributed by atoms with Gasteiger partial charge in [-0.3, -0.25) is 18.8 Å². The van der Waals surface area contributed by atoms with Crippen LogP contribution in [-0.2, 0) is 19.6 Å². The summed E-state index contributed by atoms with van der Waals surface area (Å²) in [5.41, 5.74) is 2.71. The Hall–Kier alpha value is -3.11. The van der Waals surface area contributed by atoms with Crippen molar-refractivity contribution in [3.8, 4) is 11.1 Å². The van der Waals surface area contributed by atoms with Gasteiger partial charge in [-0.05, 0) is 61.3 Å². The van der Waals surface area contributed by atoms with E-state index >= 15 is 0 Å². The number of nitrogens with zero attached hydrogens (tertiary/aromatic N) is 2. The third kappa shape index (κ3) is 5.98. The summed E-state index contributed by atoms with van der Waals surface area (Å²) in [7, 11) is -4.18. The molecular formula is C29H30Cl2N4O4S. The second-order valence-electron chi connectivity index (χ2n) is 9.91. The number of carbonyl (C=O) groups is 2. The molecule has 3 aromatic carbocycles. The van der Waals surface area contributed by atoms with E-state index in [1.165, 1.54) is 28.9 Å². The molecule has 2 aliphatic rings. The largest absolute Gasteiger partial charge is 0.347 e. The molecular weight excluding hydrogens is 571 g/mol. The number of halogens is 2. The van der Waals surface area contributed by atoms with Crippen molar-refractivity contribution in [1.82, 2.24) is 15.5 Å². The van der Waals surface area contributed by atoms with Crippen LogP contribution in [0.2, 0.25) is 10.0 Å². The topological polar surface area (TPSA) is 98.8 Å². The number of anilines is 1. The molecule has 2 amide bonds. The minimum absolute atomic E-state index is 0.0430. The van der Waals surface area contributed by atoms with Gasteiger partial charge in [0.15, 0.2) is 0 Å². The molecule has 1 saturated heterocycles. The van der Waals surface area contributed by atoms with Crippen molar-refractivity contribution in [2.45, 2.75) is 36.6 Å². The fraction of sp³-hybridized carbons (Fsp3) is 0.310. The number of rotatable bonds is 8. The minimum Gasteiger partial charge on any atom is -0.347 e. The highest BCUT2D eigenvalue weighted by molar-refractivity contribution is 7.92. The van der Waals surface area contributed by atoms with Gasteiger partial charge in [0, 0.05) is 5.56 Å². The lowest BCUT2D eigenvalue weighted by Crippen LogP contribution is -2.45. The van der Waals surface area contributed by atoms with E-state index in [4.69, 9.17) is 23.2 Å². The van der Waals surface area contributed by atoms with Crippen LogP contribution < -0.4 is 14.9 Å². The Labute approximate surface area is 244 Å². The molecule has 0 aliphatic carbocycles. The van der Waals surface area contributed by atoms with E-state index < -0.39 is 22.0 Å². The number of carbonyl (C=O) groups excluding carboxylic acids is 2. The third-order valence-electron chi connectivity index (χ3n) is 7.26. The van der Waals surface area contributed by atoms with Crippen LogP contribution in [0.5, 0.6) is 0 Å². The molecule has 0 aromatic heterocycles. The fourth-order valence-electron chi connectivity index (χ4n) is 5.27. The lowest BCUT2D eigenvalue weighted by atomic mass is 9.88. The average Bonchev–Trinajstić information content (AvgIpc) is 2.97. The second-order valence-corrected chi connectivity index (χ2v) is 12.5. The zero-order valence-corrected chi connectivity index (χ0v) is 24.1. The molecule has 11 heteroatoms. The Bertz CT molecular complexity index is 1530. The number of hydrogen-bond acceptors (Lipinski definition) is 5. The van der Waals surface area contributed by atoms with Crippen molar-refractivity contribution in [1.29, 1.82) is 0 Å². The molecule has 210 valence electrons. The van der Waals surface area contributed by atoms with Crippen LogP contribution in [0.3, 0.4) is 0 Å². The standard InChI is InChI=1S/C29H30Cl2N4O4S/c30-24-13-12-20(16-25(24)31)40(38,39)35-26-11-5-4-9-22(26)21-8-2-3-10-23(21)27(35)17-28(36)32-18-29(37)33-19-34-14-6-1-7-15-34/h2-5,8-13,16,27H,1,6-7,14-15,17-19H2,(H,32,36)(H,33,37). The molecule has 40 heavy (non-hydrogen) atoms. The van der Waals surface area contributed by atoms with Crippen molar-refractivity contribution in [2.24, 2.45) is 0 Å². The number of nitrogens with one attached hydrogen (secondary N) is 2. The quantitative estimate of drug-likeness (QED) is 0.380. The Morgan fingerprint density at radius 1 is 0.825 bits per heavy atom. The van der Waals surface area contributed by atoms with Gasteiger partial charge in [0.05, 0.1) is 46.3 Å². The Kier molecular flexibility index (Phi) is 8.65. The summed E-state index contributed by atoms with van der Waals surface area (Å²) < 4.78 is 29.6. The maximum Gasteiger partial charge on any atom is 0.264 e. The predicted octanol–water partition coefficient (Wildman–Crippen LogP) is 4.98. The summed E-state index contributed by atoms with van der Waals surface area (Å²) in [4.78, 5) is 27.7. The number of fused-ring (bicyclic) bond motifs is 3. The van der Waals surface area contributed by atoms with Gasteiger partial charge in [0.2, 0.25) is 11.8 Å². The van der Waals surface area contributed by atoms with Crippen molar-refractivity contribution >= 4 is 50.7 Å². The second kappa shape index (κ2) is 12.2. The van der Waals surface area contributed by atoms with Gasteiger partial charge in [-0.2, -0.15) is 0 Å². The summed E-state index contributed by atoms with van der Waals surface area (Å²) >= 11 is 12.2. The zero-order valence-electron chi connectivity index (χ0n) is 21.8. The van der Waals surface area contributed by atoms with Crippen LogP contribution in [0.15, 0.2) is 71.6 Å². The smallest absolute Gasteiger partial charge is 0.264 e. The van der Waals surface area contributed by atoms with Gasteiger partial charge >= 0.3 is 0 Å². The molecule has 1 fully saturated rings. The number of sulfonamides is 1.